The van der Waals surface area contributed by atoms with Gasteiger partial charge in [-0.15, -0.1) is 11.8 Å². The molecule has 3 aromatic rings. The molecule has 0 radical (unpaired) electrons. The summed E-state index contributed by atoms with van der Waals surface area (Å²) in [4.78, 5) is 27.3. The molecular formula is C28H30N2O6S. The molecule has 1 aromatic heterocycles. The van der Waals surface area contributed by atoms with Gasteiger partial charge in [0, 0.05) is 42.5 Å². The minimum absolute atomic E-state index is 0.0182. The zero-order valence-electron chi connectivity index (χ0n) is 20.3. The second-order valence-electron chi connectivity index (χ2n) is 8.75. The van der Waals surface area contributed by atoms with Gasteiger partial charge >= 0.3 is 5.97 Å². The van der Waals surface area contributed by atoms with Crippen LogP contribution in [0.3, 0.4) is 0 Å². The number of hydrogen-bond acceptors (Lipinski definition) is 7. The molecule has 9 heteroatoms. The summed E-state index contributed by atoms with van der Waals surface area (Å²) in [5, 5.41) is 21.9. The molecule has 1 aliphatic rings. The first kappa shape index (κ1) is 26.8. The average Bonchev–Trinajstić information content (AvgIpc) is 2.92. The van der Waals surface area contributed by atoms with Gasteiger partial charge in [0.25, 0.3) is 0 Å². The van der Waals surface area contributed by atoms with Crippen molar-refractivity contribution in [2.45, 2.75) is 55.8 Å². The monoisotopic (exact) mass is 522 g/mol. The van der Waals surface area contributed by atoms with Crippen molar-refractivity contribution in [3.8, 4) is 0 Å². The van der Waals surface area contributed by atoms with E-state index >= 15 is 0 Å². The fourth-order valence-electron chi connectivity index (χ4n) is 4.02. The van der Waals surface area contributed by atoms with Crippen LogP contribution in [-0.2, 0) is 25.7 Å². The second kappa shape index (κ2) is 13.3. The van der Waals surface area contributed by atoms with Crippen LogP contribution in [0.1, 0.15) is 54.8 Å². The van der Waals surface area contributed by atoms with E-state index < -0.39 is 12.3 Å². The molecule has 0 saturated carbocycles. The predicted octanol–water partition coefficient (Wildman–Crippen LogP) is 5.11. The standard InChI is InChI=1S/C28H30N2O6S/c31-17-19-10-12-20(13-11-19)24-16-23(18-37-26-8-1-2-14-29-26)35-28(36-24)21-5-3-6-22(15-21)30-25(32)7-4-9-27(33)34/h1-3,5-6,8,10-15,23-24,28,31H,4,7,9,16-18H2,(H,30,32)(H,33,34). The first-order valence-electron chi connectivity index (χ1n) is 12.2. The summed E-state index contributed by atoms with van der Waals surface area (Å²) in [6.07, 6.45) is 1.83. The van der Waals surface area contributed by atoms with Gasteiger partial charge < -0.3 is 25.0 Å². The van der Waals surface area contributed by atoms with Crippen molar-refractivity contribution in [3.05, 3.63) is 89.6 Å². The number of aliphatic carboxylic acids is 1. The maximum atomic E-state index is 12.2. The molecular weight excluding hydrogens is 492 g/mol. The smallest absolute Gasteiger partial charge is 0.303 e. The number of aromatic nitrogens is 1. The van der Waals surface area contributed by atoms with Gasteiger partial charge in [-0.2, -0.15) is 0 Å². The Kier molecular flexibility index (Phi) is 9.67. The third-order valence-corrected chi connectivity index (χ3v) is 6.98. The maximum Gasteiger partial charge on any atom is 0.303 e. The Balaban J connectivity index is 1.48. The van der Waals surface area contributed by atoms with E-state index in [1.165, 1.54) is 0 Å². The van der Waals surface area contributed by atoms with E-state index in [0.717, 1.165) is 21.7 Å². The number of aliphatic hydroxyl groups is 1. The number of benzene rings is 2. The number of carboxylic acids is 1. The highest BCUT2D eigenvalue weighted by atomic mass is 32.2. The van der Waals surface area contributed by atoms with Crippen molar-refractivity contribution in [1.29, 1.82) is 0 Å². The number of hydrogen-bond donors (Lipinski definition) is 3. The summed E-state index contributed by atoms with van der Waals surface area (Å²) in [7, 11) is 0. The Bertz CT molecular complexity index is 1170. The summed E-state index contributed by atoms with van der Waals surface area (Å²) in [6, 6.07) is 20.8. The van der Waals surface area contributed by atoms with Crippen molar-refractivity contribution in [2.75, 3.05) is 11.1 Å². The van der Waals surface area contributed by atoms with Crippen LogP contribution >= 0.6 is 11.8 Å². The number of anilines is 1. The second-order valence-corrected chi connectivity index (χ2v) is 9.79. The van der Waals surface area contributed by atoms with E-state index in [0.29, 0.717) is 17.9 Å². The number of nitrogens with zero attached hydrogens (tertiary/aromatic N) is 1. The Labute approximate surface area is 220 Å². The number of carbonyl (C=O) groups excluding carboxylic acids is 1. The molecule has 3 atom stereocenters. The Morgan fingerprint density at radius 3 is 2.57 bits per heavy atom. The molecule has 1 amide bonds. The van der Waals surface area contributed by atoms with E-state index in [2.05, 4.69) is 10.3 Å². The van der Waals surface area contributed by atoms with E-state index in [4.69, 9.17) is 14.6 Å². The molecule has 194 valence electrons. The number of pyridine rings is 1. The predicted molar refractivity (Wildman–Crippen MR) is 140 cm³/mol. The molecule has 2 aromatic carbocycles. The molecule has 3 unspecified atom stereocenters. The summed E-state index contributed by atoms with van der Waals surface area (Å²) in [5.74, 6) is -0.463. The van der Waals surface area contributed by atoms with Crippen LogP contribution in [0, 0.1) is 0 Å². The number of carbonyl (C=O) groups is 2. The highest BCUT2D eigenvalue weighted by Crippen LogP contribution is 2.39. The molecule has 37 heavy (non-hydrogen) atoms. The molecule has 2 heterocycles. The normalized spacial score (nSPS) is 19.3. The first-order chi connectivity index (χ1) is 18.0. The third-order valence-electron chi connectivity index (χ3n) is 5.91. The lowest BCUT2D eigenvalue weighted by molar-refractivity contribution is -0.245. The van der Waals surface area contributed by atoms with Crippen LogP contribution in [0.25, 0.3) is 0 Å². The number of carboxylic acid groups (broad SMARTS) is 1. The van der Waals surface area contributed by atoms with Crippen LogP contribution in [-0.4, -0.2) is 38.9 Å². The quantitative estimate of drug-likeness (QED) is 0.298. The molecule has 1 fully saturated rings. The minimum atomic E-state index is -0.919. The zero-order valence-corrected chi connectivity index (χ0v) is 21.1. The molecule has 3 N–H and O–H groups in total. The molecule has 1 aliphatic heterocycles. The lowest BCUT2D eigenvalue weighted by Gasteiger charge is -2.36. The van der Waals surface area contributed by atoms with Gasteiger partial charge in [0.05, 0.1) is 23.8 Å². The van der Waals surface area contributed by atoms with Crippen molar-refractivity contribution in [1.82, 2.24) is 4.98 Å². The third kappa shape index (κ3) is 8.13. The van der Waals surface area contributed by atoms with Gasteiger partial charge in [-0.1, -0.05) is 42.5 Å². The van der Waals surface area contributed by atoms with Crippen LogP contribution in [0.15, 0.2) is 78.0 Å². The number of amides is 1. The van der Waals surface area contributed by atoms with Gasteiger partial charge in [-0.3, -0.25) is 9.59 Å². The van der Waals surface area contributed by atoms with Gasteiger partial charge in [0.2, 0.25) is 5.91 Å². The van der Waals surface area contributed by atoms with E-state index in [1.807, 2.05) is 60.7 Å². The molecule has 1 saturated heterocycles. The fourth-order valence-corrected chi connectivity index (χ4v) is 4.90. The first-order valence-corrected chi connectivity index (χ1v) is 13.1. The van der Waals surface area contributed by atoms with Gasteiger partial charge in [0.15, 0.2) is 6.29 Å². The minimum Gasteiger partial charge on any atom is -0.481 e. The number of rotatable bonds is 11. The maximum absolute atomic E-state index is 12.2. The average molecular weight is 523 g/mol. The van der Waals surface area contributed by atoms with Gasteiger partial charge in [-0.05, 0) is 41.8 Å². The summed E-state index contributed by atoms with van der Waals surface area (Å²) in [5.41, 5.74) is 3.20. The van der Waals surface area contributed by atoms with Crippen molar-refractivity contribution in [3.63, 3.8) is 0 Å². The van der Waals surface area contributed by atoms with Crippen LogP contribution in [0.2, 0.25) is 0 Å². The SMILES string of the molecule is O=C(O)CCCC(=O)Nc1cccc(C2OC(CSc3ccccn3)CC(c3ccc(CO)cc3)O2)c1. The number of aliphatic hydroxyl groups excluding tert-OH is 1. The molecule has 8 nitrogen and oxygen atoms in total. The van der Waals surface area contributed by atoms with Crippen molar-refractivity contribution < 1.29 is 29.3 Å². The van der Waals surface area contributed by atoms with E-state index in [1.54, 1.807) is 24.0 Å². The number of ether oxygens (including phenoxy) is 2. The number of nitrogens with one attached hydrogen (secondary N) is 1. The van der Waals surface area contributed by atoms with Crippen LogP contribution < -0.4 is 5.32 Å². The summed E-state index contributed by atoms with van der Waals surface area (Å²) < 4.78 is 12.7. The van der Waals surface area contributed by atoms with Crippen LogP contribution in [0.4, 0.5) is 5.69 Å². The van der Waals surface area contributed by atoms with E-state index in [-0.39, 0.29) is 44.0 Å². The van der Waals surface area contributed by atoms with Crippen LogP contribution in [0.5, 0.6) is 0 Å². The molecule has 0 bridgehead atoms. The van der Waals surface area contributed by atoms with Gasteiger partial charge in [-0.25, -0.2) is 4.98 Å². The Hall–Kier alpha value is -3.24. The Morgan fingerprint density at radius 2 is 1.84 bits per heavy atom. The summed E-state index contributed by atoms with van der Waals surface area (Å²) in [6.45, 7) is -0.0182. The lowest BCUT2D eigenvalue weighted by Crippen LogP contribution is -2.31. The Morgan fingerprint density at radius 1 is 1.00 bits per heavy atom. The summed E-state index contributed by atoms with van der Waals surface area (Å²) >= 11 is 1.63. The van der Waals surface area contributed by atoms with Gasteiger partial charge in [0.1, 0.15) is 0 Å². The fraction of sp³-hybridized carbons (Fsp3) is 0.321. The number of thioether (sulfide) groups is 1. The molecule has 4 rings (SSSR count). The van der Waals surface area contributed by atoms with Crippen molar-refractivity contribution in [2.24, 2.45) is 0 Å². The lowest BCUT2D eigenvalue weighted by atomic mass is 10.0. The zero-order chi connectivity index (χ0) is 26.0. The largest absolute Gasteiger partial charge is 0.481 e. The van der Waals surface area contributed by atoms with E-state index in [9.17, 15) is 14.7 Å². The molecule has 0 spiro atoms. The highest BCUT2D eigenvalue weighted by molar-refractivity contribution is 7.99. The van der Waals surface area contributed by atoms with Crippen molar-refractivity contribution >= 4 is 29.3 Å². The highest BCUT2D eigenvalue weighted by Gasteiger charge is 2.32. The molecule has 0 aliphatic carbocycles. The topological polar surface area (TPSA) is 118 Å².